The molecule has 0 aliphatic heterocycles. The van der Waals surface area contributed by atoms with E-state index in [1.54, 1.807) is 24.3 Å². The van der Waals surface area contributed by atoms with E-state index in [4.69, 9.17) is 0 Å². The molecule has 2 heteroatoms. The molecule has 2 N–H and O–H groups in total. The third-order valence-corrected chi connectivity index (χ3v) is 2.99. The van der Waals surface area contributed by atoms with Gasteiger partial charge < -0.3 is 10.2 Å². The minimum atomic E-state index is 0.277. The Labute approximate surface area is 113 Å². The van der Waals surface area contributed by atoms with Crippen molar-refractivity contribution in [3.63, 3.8) is 0 Å². The Bertz CT molecular complexity index is 551. The highest BCUT2D eigenvalue weighted by molar-refractivity contribution is 5.81. The maximum atomic E-state index is 9.34. The molecule has 98 valence electrons. The highest BCUT2D eigenvalue weighted by Crippen LogP contribution is 2.25. The average molecular weight is 254 g/mol. The Hall–Kier alpha value is -2.22. The molecule has 0 saturated heterocycles. The summed E-state index contributed by atoms with van der Waals surface area (Å²) >= 11 is 0. The zero-order valence-electron chi connectivity index (χ0n) is 11.0. The van der Waals surface area contributed by atoms with Crippen LogP contribution >= 0.6 is 0 Å². The van der Waals surface area contributed by atoms with Crippen LogP contribution in [0.4, 0.5) is 0 Å². The van der Waals surface area contributed by atoms with Crippen LogP contribution in [0.5, 0.6) is 11.5 Å². The lowest BCUT2D eigenvalue weighted by molar-refractivity contribution is 0.474. The summed E-state index contributed by atoms with van der Waals surface area (Å²) in [4.78, 5) is 0. The van der Waals surface area contributed by atoms with Crippen molar-refractivity contribution in [1.29, 1.82) is 0 Å². The number of phenolic OH excluding ortho intramolecular Hbond substituents is 2. The van der Waals surface area contributed by atoms with Gasteiger partial charge in [-0.05, 0) is 47.4 Å². The van der Waals surface area contributed by atoms with Crippen molar-refractivity contribution < 1.29 is 10.2 Å². The van der Waals surface area contributed by atoms with Crippen LogP contribution < -0.4 is 0 Å². The largest absolute Gasteiger partial charge is 0.508 e. The molecule has 0 fully saturated rings. The maximum absolute atomic E-state index is 9.34. The van der Waals surface area contributed by atoms with Gasteiger partial charge in [-0.25, -0.2) is 0 Å². The molecule has 0 saturated carbocycles. The standard InChI is InChI=1S/C17H18O2/c1-2-3-15(14-6-10-17(19)11-7-14)12-13-4-8-16(18)9-5-13/h4-12,18-19H,2-3H2,1H3/b15-12-. The van der Waals surface area contributed by atoms with Crippen molar-refractivity contribution in [3.8, 4) is 11.5 Å². The molecule has 2 aromatic rings. The van der Waals surface area contributed by atoms with Gasteiger partial charge in [-0.3, -0.25) is 0 Å². The fourth-order valence-corrected chi connectivity index (χ4v) is 2.02. The van der Waals surface area contributed by atoms with Crippen LogP contribution in [-0.2, 0) is 0 Å². The van der Waals surface area contributed by atoms with E-state index in [1.165, 1.54) is 5.57 Å². The van der Waals surface area contributed by atoms with E-state index in [-0.39, 0.29) is 11.5 Å². The Balaban J connectivity index is 2.33. The summed E-state index contributed by atoms with van der Waals surface area (Å²) in [5.74, 6) is 0.558. The summed E-state index contributed by atoms with van der Waals surface area (Å²) in [6.45, 7) is 2.14. The molecular formula is C17H18O2. The first kappa shape index (κ1) is 13.2. The second kappa shape index (κ2) is 6.10. The van der Waals surface area contributed by atoms with Crippen molar-refractivity contribution >= 4 is 11.6 Å². The summed E-state index contributed by atoms with van der Waals surface area (Å²) in [5, 5.41) is 18.6. The van der Waals surface area contributed by atoms with E-state index in [0.717, 1.165) is 24.0 Å². The Kier molecular flexibility index (Phi) is 4.24. The molecule has 0 heterocycles. The molecule has 0 aromatic heterocycles. The van der Waals surface area contributed by atoms with Gasteiger partial charge in [0, 0.05) is 0 Å². The highest BCUT2D eigenvalue weighted by atomic mass is 16.3. The molecule has 2 rings (SSSR count). The lowest BCUT2D eigenvalue weighted by Gasteiger charge is -2.07. The summed E-state index contributed by atoms with van der Waals surface area (Å²) in [7, 11) is 0. The molecule has 2 nitrogen and oxygen atoms in total. The normalized spacial score (nSPS) is 11.5. The molecule has 0 radical (unpaired) electrons. The fourth-order valence-electron chi connectivity index (χ4n) is 2.02. The zero-order valence-corrected chi connectivity index (χ0v) is 11.0. The highest BCUT2D eigenvalue weighted by Gasteiger charge is 2.02. The van der Waals surface area contributed by atoms with E-state index in [1.807, 2.05) is 24.3 Å². The fraction of sp³-hybridized carbons (Fsp3) is 0.176. The number of hydrogen-bond acceptors (Lipinski definition) is 2. The third kappa shape index (κ3) is 3.62. The summed E-state index contributed by atoms with van der Waals surface area (Å²) in [6, 6.07) is 14.4. The smallest absolute Gasteiger partial charge is 0.115 e. The Morgan fingerprint density at radius 1 is 0.895 bits per heavy atom. The molecule has 19 heavy (non-hydrogen) atoms. The molecule has 0 unspecified atom stereocenters. The summed E-state index contributed by atoms with van der Waals surface area (Å²) < 4.78 is 0. The molecule has 0 aliphatic carbocycles. The molecule has 0 atom stereocenters. The zero-order chi connectivity index (χ0) is 13.7. The van der Waals surface area contributed by atoms with Crippen molar-refractivity contribution in [3.05, 3.63) is 59.7 Å². The Morgan fingerprint density at radius 2 is 1.42 bits per heavy atom. The quantitative estimate of drug-likeness (QED) is 0.792. The summed E-state index contributed by atoms with van der Waals surface area (Å²) in [5.41, 5.74) is 3.41. The molecule has 0 spiro atoms. The van der Waals surface area contributed by atoms with Crippen molar-refractivity contribution in [2.75, 3.05) is 0 Å². The predicted octanol–water partition coefficient (Wildman–Crippen LogP) is 4.44. The van der Waals surface area contributed by atoms with Gasteiger partial charge in [0.1, 0.15) is 11.5 Å². The van der Waals surface area contributed by atoms with Gasteiger partial charge >= 0.3 is 0 Å². The van der Waals surface area contributed by atoms with Gasteiger partial charge in [-0.1, -0.05) is 43.7 Å². The molecule has 2 aromatic carbocycles. The van der Waals surface area contributed by atoms with Gasteiger partial charge in [-0.2, -0.15) is 0 Å². The minimum absolute atomic E-state index is 0.277. The number of benzene rings is 2. The Morgan fingerprint density at radius 3 is 1.95 bits per heavy atom. The molecular weight excluding hydrogens is 236 g/mol. The number of phenols is 2. The van der Waals surface area contributed by atoms with Gasteiger partial charge in [0.2, 0.25) is 0 Å². The number of hydrogen-bond donors (Lipinski definition) is 2. The number of rotatable bonds is 4. The van der Waals surface area contributed by atoms with Crippen LogP contribution in [0.25, 0.3) is 11.6 Å². The van der Waals surface area contributed by atoms with E-state index in [9.17, 15) is 10.2 Å². The van der Waals surface area contributed by atoms with Crippen molar-refractivity contribution in [2.24, 2.45) is 0 Å². The van der Waals surface area contributed by atoms with Crippen molar-refractivity contribution in [2.45, 2.75) is 19.8 Å². The van der Waals surface area contributed by atoms with Crippen LogP contribution in [0.3, 0.4) is 0 Å². The lowest BCUT2D eigenvalue weighted by atomic mass is 9.98. The molecule has 0 bridgehead atoms. The second-order valence-electron chi connectivity index (χ2n) is 4.56. The van der Waals surface area contributed by atoms with Gasteiger partial charge in [-0.15, -0.1) is 0 Å². The molecule has 0 amide bonds. The first-order valence-corrected chi connectivity index (χ1v) is 6.48. The van der Waals surface area contributed by atoms with E-state index < -0.39 is 0 Å². The van der Waals surface area contributed by atoms with Crippen LogP contribution in [0, 0.1) is 0 Å². The van der Waals surface area contributed by atoms with Crippen LogP contribution in [-0.4, -0.2) is 10.2 Å². The van der Waals surface area contributed by atoms with Gasteiger partial charge in [0.05, 0.1) is 0 Å². The second-order valence-corrected chi connectivity index (χ2v) is 4.56. The van der Waals surface area contributed by atoms with Crippen molar-refractivity contribution in [1.82, 2.24) is 0 Å². The van der Waals surface area contributed by atoms with E-state index in [2.05, 4.69) is 13.0 Å². The third-order valence-electron chi connectivity index (χ3n) is 2.99. The topological polar surface area (TPSA) is 40.5 Å². The average Bonchev–Trinajstić information content (AvgIpc) is 2.42. The van der Waals surface area contributed by atoms with Crippen LogP contribution in [0.1, 0.15) is 30.9 Å². The number of allylic oxidation sites excluding steroid dienone is 1. The first-order chi connectivity index (χ1) is 9.19. The maximum Gasteiger partial charge on any atom is 0.115 e. The monoisotopic (exact) mass is 254 g/mol. The SMILES string of the molecule is CCC/C(=C/c1ccc(O)cc1)c1ccc(O)cc1. The van der Waals surface area contributed by atoms with Gasteiger partial charge in [0.25, 0.3) is 0 Å². The first-order valence-electron chi connectivity index (χ1n) is 6.48. The van der Waals surface area contributed by atoms with E-state index >= 15 is 0 Å². The molecule has 0 aliphatic rings. The summed E-state index contributed by atoms with van der Waals surface area (Å²) in [6.07, 6.45) is 4.16. The van der Waals surface area contributed by atoms with Gasteiger partial charge in [0.15, 0.2) is 0 Å². The predicted molar refractivity (Wildman–Crippen MR) is 79.0 cm³/mol. The van der Waals surface area contributed by atoms with E-state index in [0.29, 0.717) is 0 Å². The van der Waals surface area contributed by atoms with Crippen LogP contribution in [0.15, 0.2) is 48.5 Å². The van der Waals surface area contributed by atoms with Crippen LogP contribution in [0.2, 0.25) is 0 Å². The lowest BCUT2D eigenvalue weighted by Crippen LogP contribution is -1.85. The minimum Gasteiger partial charge on any atom is -0.508 e. The number of aromatic hydroxyl groups is 2.